The van der Waals surface area contributed by atoms with Gasteiger partial charge in [-0.25, -0.2) is 4.39 Å². The smallest absolute Gasteiger partial charge is 0.129 e. The minimum Gasteiger partial charge on any atom is -0.488 e. The van der Waals surface area contributed by atoms with E-state index in [0.29, 0.717) is 26.9 Å². The van der Waals surface area contributed by atoms with Crippen molar-refractivity contribution < 1.29 is 14.3 Å². The molecule has 2 rings (SSSR count). The van der Waals surface area contributed by atoms with Gasteiger partial charge in [0.1, 0.15) is 18.2 Å². The van der Waals surface area contributed by atoms with Crippen LogP contribution >= 0.6 is 23.2 Å². The van der Waals surface area contributed by atoms with Crippen LogP contribution in [0.4, 0.5) is 4.39 Å². The van der Waals surface area contributed by atoms with E-state index in [1.54, 1.807) is 25.1 Å². The first kappa shape index (κ1) is 15.6. The van der Waals surface area contributed by atoms with E-state index >= 15 is 0 Å². The summed E-state index contributed by atoms with van der Waals surface area (Å²) in [6, 6.07) is 9.20. The molecule has 110 valence electrons. The summed E-state index contributed by atoms with van der Waals surface area (Å²) >= 11 is 12.0. The Morgan fingerprint density at radius 1 is 1.29 bits per heavy atom. The Bertz CT molecular complexity index is 689. The molecule has 0 aromatic heterocycles. The summed E-state index contributed by atoms with van der Waals surface area (Å²) in [7, 11) is 0. The summed E-state index contributed by atoms with van der Waals surface area (Å²) in [6.07, 6.45) is 0. The Kier molecular flexibility index (Phi) is 5.04. The molecular weight excluding hydrogens is 316 g/mol. The molecule has 0 saturated carbocycles. The molecular formula is C15H12Cl2FNO2. The van der Waals surface area contributed by atoms with Crippen LogP contribution in [0.25, 0.3) is 0 Å². The number of hydrogen-bond donors (Lipinski definition) is 1. The van der Waals surface area contributed by atoms with Crippen molar-refractivity contribution in [3.8, 4) is 5.75 Å². The lowest BCUT2D eigenvalue weighted by Crippen LogP contribution is -2.03. The molecule has 0 amide bonds. The quantitative estimate of drug-likeness (QED) is 0.492. The first-order valence-electron chi connectivity index (χ1n) is 6.07. The lowest BCUT2D eigenvalue weighted by atomic mass is 10.1. The van der Waals surface area contributed by atoms with Gasteiger partial charge in [0.05, 0.1) is 15.8 Å². The van der Waals surface area contributed by atoms with E-state index in [-0.39, 0.29) is 12.3 Å². The minimum absolute atomic E-state index is 0.163. The van der Waals surface area contributed by atoms with Crippen LogP contribution in [0.2, 0.25) is 10.0 Å². The van der Waals surface area contributed by atoms with E-state index in [1.165, 1.54) is 18.2 Å². The fourth-order valence-corrected chi connectivity index (χ4v) is 2.15. The molecule has 0 unspecified atom stereocenters. The molecule has 0 atom stereocenters. The average molecular weight is 328 g/mol. The third-order valence-electron chi connectivity index (χ3n) is 2.90. The number of hydrogen-bond acceptors (Lipinski definition) is 3. The van der Waals surface area contributed by atoms with E-state index in [9.17, 15) is 4.39 Å². The zero-order chi connectivity index (χ0) is 15.4. The van der Waals surface area contributed by atoms with Gasteiger partial charge in [0.25, 0.3) is 0 Å². The van der Waals surface area contributed by atoms with Gasteiger partial charge in [0.15, 0.2) is 0 Å². The first-order valence-corrected chi connectivity index (χ1v) is 6.82. The van der Waals surface area contributed by atoms with Crippen LogP contribution in [-0.4, -0.2) is 10.9 Å². The van der Waals surface area contributed by atoms with Crippen LogP contribution in [0.1, 0.15) is 18.1 Å². The highest BCUT2D eigenvalue weighted by Crippen LogP contribution is 2.28. The number of oxime groups is 1. The molecule has 2 aromatic carbocycles. The van der Waals surface area contributed by atoms with Crippen molar-refractivity contribution in [2.45, 2.75) is 13.5 Å². The maximum Gasteiger partial charge on any atom is 0.129 e. The molecule has 0 bridgehead atoms. The van der Waals surface area contributed by atoms with Crippen LogP contribution in [0.3, 0.4) is 0 Å². The second-order valence-electron chi connectivity index (χ2n) is 4.33. The Morgan fingerprint density at radius 3 is 2.76 bits per heavy atom. The van der Waals surface area contributed by atoms with Gasteiger partial charge in [-0.1, -0.05) is 40.5 Å². The van der Waals surface area contributed by atoms with E-state index in [2.05, 4.69) is 5.16 Å². The van der Waals surface area contributed by atoms with Crippen LogP contribution in [0.15, 0.2) is 41.6 Å². The molecule has 1 N–H and O–H groups in total. The largest absolute Gasteiger partial charge is 0.488 e. The van der Waals surface area contributed by atoms with Gasteiger partial charge in [0, 0.05) is 11.1 Å². The maximum atomic E-state index is 13.3. The molecule has 0 radical (unpaired) electrons. The molecule has 6 heteroatoms. The van der Waals surface area contributed by atoms with Gasteiger partial charge < -0.3 is 9.94 Å². The fraction of sp³-hybridized carbons (Fsp3) is 0.133. The number of rotatable bonds is 4. The molecule has 0 aliphatic carbocycles. The van der Waals surface area contributed by atoms with E-state index in [1.807, 2.05) is 0 Å². The second-order valence-corrected chi connectivity index (χ2v) is 5.11. The second kappa shape index (κ2) is 6.78. The Labute approximate surface area is 131 Å². The number of ether oxygens (including phenoxy) is 1. The predicted octanol–water partition coefficient (Wildman–Crippen LogP) is 4.91. The van der Waals surface area contributed by atoms with Crippen molar-refractivity contribution >= 4 is 28.9 Å². The average Bonchev–Trinajstić information content (AvgIpc) is 2.49. The summed E-state index contributed by atoms with van der Waals surface area (Å²) in [5.74, 6) is -0.0520. The molecule has 0 saturated heterocycles. The van der Waals surface area contributed by atoms with Gasteiger partial charge in [-0.3, -0.25) is 0 Å². The first-order chi connectivity index (χ1) is 10.0. The molecule has 0 aliphatic rings. The summed E-state index contributed by atoms with van der Waals surface area (Å²) in [5, 5.41) is 12.8. The van der Waals surface area contributed by atoms with E-state index in [0.717, 1.165) is 0 Å². The highest BCUT2D eigenvalue weighted by Gasteiger charge is 2.11. The van der Waals surface area contributed by atoms with Crippen molar-refractivity contribution in [2.24, 2.45) is 5.16 Å². The summed E-state index contributed by atoms with van der Waals surface area (Å²) in [5.41, 5.74) is 1.33. The van der Waals surface area contributed by atoms with Crippen molar-refractivity contribution in [1.29, 1.82) is 0 Å². The van der Waals surface area contributed by atoms with Gasteiger partial charge in [-0.2, -0.15) is 0 Å². The molecule has 21 heavy (non-hydrogen) atoms. The number of benzene rings is 2. The van der Waals surface area contributed by atoms with Gasteiger partial charge in [-0.15, -0.1) is 0 Å². The zero-order valence-corrected chi connectivity index (χ0v) is 12.6. The number of nitrogens with zero attached hydrogens (tertiary/aromatic N) is 1. The molecule has 0 spiro atoms. The van der Waals surface area contributed by atoms with Gasteiger partial charge >= 0.3 is 0 Å². The fourth-order valence-electron chi connectivity index (χ4n) is 1.78. The number of halogens is 3. The third-order valence-corrected chi connectivity index (χ3v) is 3.75. The van der Waals surface area contributed by atoms with Crippen LogP contribution in [-0.2, 0) is 6.61 Å². The van der Waals surface area contributed by atoms with E-state index < -0.39 is 5.82 Å². The van der Waals surface area contributed by atoms with Gasteiger partial charge in [-0.05, 0) is 31.2 Å². The SMILES string of the molecule is C/C(=N/O)c1cc(F)ccc1OCc1cccc(Cl)c1Cl. The van der Waals surface area contributed by atoms with Crippen molar-refractivity contribution in [1.82, 2.24) is 0 Å². The molecule has 2 aromatic rings. The molecule has 0 heterocycles. The standard InChI is InChI=1S/C15H12Cl2FNO2/c1-9(19-20)12-7-11(18)5-6-14(12)21-8-10-3-2-4-13(16)15(10)17/h2-7,20H,8H2,1H3/b19-9-. The summed E-state index contributed by atoms with van der Waals surface area (Å²) in [6.45, 7) is 1.71. The van der Waals surface area contributed by atoms with Crippen LogP contribution < -0.4 is 4.74 Å². The predicted molar refractivity (Wildman–Crippen MR) is 81.2 cm³/mol. The third kappa shape index (κ3) is 3.65. The zero-order valence-electron chi connectivity index (χ0n) is 11.1. The van der Waals surface area contributed by atoms with Crippen LogP contribution in [0, 0.1) is 5.82 Å². The van der Waals surface area contributed by atoms with Crippen molar-refractivity contribution in [3.63, 3.8) is 0 Å². The van der Waals surface area contributed by atoms with Crippen LogP contribution in [0.5, 0.6) is 5.75 Å². The summed E-state index contributed by atoms with van der Waals surface area (Å²) in [4.78, 5) is 0. The van der Waals surface area contributed by atoms with E-state index in [4.69, 9.17) is 33.1 Å². The highest BCUT2D eigenvalue weighted by atomic mass is 35.5. The molecule has 0 fully saturated rings. The lowest BCUT2D eigenvalue weighted by molar-refractivity contribution is 0.303. The van der Waals surface area contributed by atoms with Crippen molar-refractivity contribution in [2.75, 3.05) is 0 Å². The summed E-state index contributed by atoms with van der Waals surface area (Å²) < 4.78 is 18.9. The molecule has 3 nitrogen and oxygen atoms in total. The van der Waals surface area contributed by atoms with Crippen molar-refractivity contribution in [3.05, 3.63) is 63.4 Å². The maximum absolute atomic E-state index is 13.3. The Hall–Kier alpha value is -1.78. The Balaban J connectivity index is 2.26. The minimum atomic E-state index is -0.443. The van der Waals surface area contributed by atoms with Gasteiger partial charge in [0.2, 0.25) is 0 Å². The monoisotopic (exact) mass is 327 g/mol. The lowest BCUT2D eigenvalue weighted by Gasteiger charge is -2.12. The Morgan fingerprint density at radius 2 is 2.05 bits per heavy atom. The molecule has 0 aliphatic heterocycles. The topological polar surface area (TPSA) is 41.8 Å². The normalized spacial score (nSPS) is 11.5. The highest BCUT2D eigenvalue weighted by molar-refractivity contribution is 6.42.